The molecule has 0 atom stereocenters. The van der Waals surface area contributed by atoms with Gasteiger partial charge in [-0.1, -0.05) is 60.7 Å². The lowest BCUT2D eigenvalue weighted by Crippen LogP contribution is -2.32. The van der Waals surface area contributed by atoms with Crippen molar-refractivity contribution in [1.29, 1.82) is 0 Å². The molecule has 0 saturated heterocycles. The van der Waals surface area contributed by atoms with Crippen molar-refractivity contribution in [2.75, 3.05) is 14.2 Å². The first-order valence-corrected chi connectivity index (χ1v) is 10.5. The van der Waals surface area contributed by atoms with E-state index < -0.39 is 11.8 Å². The number of carbonyl (C=O) groups is 2. The van der Waals surface area contributed by atoms with E-state index in [9.17, 15) is 9.59 Å². The topological polar surface area (TPSA) is 89.0 Å². The maximum absolute atomic E-state index is 12.8. The van der Waals surface area contributed by atoms with Crippen LogP contribution in [0.15, 0.2) is 102 Å². The third-order valence-corrected chi connectivity index (χ3v) is 4.69. The number of amides is 2. The van der Waals surface area contributed by atoms with Gasteiger partial charge in [0, 0.05) is 11.1 Å². The van der Waals surface area contributed by atoms with E-state index in [2.05, 4.69) is 15.8 Å². The van der Waals surface area contributed by atoms with Gasteiger partial charge in [0.1, 0.15) is 17.2 Å². The van der Waals surface area contributed by atoms with Crippen LogP contribution in [0, 0.1) is 0 Å². The van der Waals surface area contributed by atoms with Gasteiger partial charge >= 0.3 is 0 Å². The van der Waals surface area contributed by atoms with E-state index in [-0.39, 0.29) is 5.70 Å². The van der Waals surface area contributed by atoms with Gasteiger partial charge in [0.25, 0.3) is 11.8 Å². The summed E-state index contributed by atoms with van der Waals surface area (Å²) in [5, 5.41) is 6.67. The van der Waals surface area contributed by atoms with Gasteiger partial charge < -0.3 is 14.8 Å². The summed E-state index contributed by atoms with van der Waals surface area (Å²) in [5.41, 5.74) is 4.48. The van der Waals surface area contributed by atoms with Gasteiger partial charge in [-0.15, -0.1) is 0 Å². The second-order valence-electron chi connectivity index (χ2n) is 6.98. The highest BCUT2D eigenvalue weighted by molar-refractivity contribution is 6.03. The molecule has 3 aromatic rings. The lowest BCUT2D eigenvalue weighted by Gasteiger charge is -2.09. The number of nitrogens with one attached hydrogen (secondary N) is 2. The Morgan fingerprint density at radius 2 is 1.59 bits per heavy atom. The van der Waals surface area contributed by atoms with Crippen LogP contribution in [0.3, 0.4) is 0 Å². The summed E-state index contributed by atoms with van der Waals surface area (Å²) in [7, 11) is 3.09. The summed E-state index contributed by atoms with van der Waals surface area (Å²) in [5.74, 6) is 0.196. The van der Waals surface area contributed by atoms with Crippen LogP contribution in [0.2, 0.25) is 0 Å². The van der Waals surface area contributed by atoms with Gasteiger partial charge in [-0.2, -0.15) is 5.10 Å². The molecule has 34 heavy (non-hydrogen) atoms. The molecule has 0 spiro atoms. The van der Waals surface area contributed by atoms with Crippen molar-refractivity contribution < 1.29 is 19.1 Å². The van der Waals surface area contributed by atoms with Gasteiger partial charge in [-0.25, -0.2) is 5.43 Å². The van der Waals surface area contributed by atoms with Gasteiger partial charge in [-0.05, 0) is 42.0 Å². The summed E-state index contributed by atoms with van der Waals surface area (Å²) in [6, 6.07) is 23.5. The molecule has 0 bridgehead atoms. The van der Waals surface area contributed by atoms with Crippen molar-refractivity contribution in [1.82, 2.24) is 10.7 Å². The Balaban J connectivity index is 1.78. The molecule has 0 heterocycles. The van der Waals surface area contributed by atoms with Crippen molar-refractivity contribution in [2.45, 2.75) is 0 Å². The molecule has 0 radical (unpaired) electrons. The number of allylic oxidation sites excluding steroid dienone is 2. The summed E-state index contributed by atoms with van der Waals surface area (Å²) < 4.78 is 10.5. The molecule has 0 aliphatic carbocycles. The number of benzene rings is 3. The fraction of sp³-hybridized carbons (Fsp3) is 0.0741. The molecule has 0 aromatic heterocycles. The fourth-order valence-electron chi connectivity index (χ4n) is 2.94. The van der Waals surface area contributed by atoms with Crippen molar-refractivity contribution in [3.05, 3.63) is 113 Å². The molecular weight excluding hydrogens is 430 g/mol. The molecule has 0 aliphatic rings. The third-order valence-electron chi connectivity index (χ3n) is 4.69. The average Bonchev–Trinajstić information content (AvgIpc) is 2.89. The second-order valence-corrected chi connectivity index (χ2v) is 6.98. The van der Waals surface area contributed by atoms with E-state index in [1.807, 2.05) is 42.5 Å². The number of carbonyl (C=O) groups excluding carboxylic acids is 2. The number of methoxy groups -OCH3 is 2. The van der Waals surface area contributed by atoms with Gasteiger partial charge in [0.2, 0.25) is 0 Å². The largest absolute Gasteiger partial charge is 0.497 e. The number of hydrogen-bond donors (Lipinski definition) is 2. The molecule has 2 amide bonds. The number of ether oxygens (including phenoxy) is 2. The van der Waals surface area contributed by atoms with Crippen LogP contribution in [0.5, 0.6) is 11.5 Å². The van der Waals surface area contributed by atoms with Crippen molar-refractivity contribution >= 4 is 24.1 Å². The first-order valence-electron chi connectivity index (χ1n) is 10.5. The molecule has 172 valence electrons. The predicted octanol–water partition coefficient (Wildman–Crippen LogP) is 4.18. The standard InChI is InChI=1S/C27H25N3O4/c1-33-23-16-17-25(34-2)22(18-23)19-28-30-27(32)24(15-9-12-20-10-5-3-6-11-20)29-26(31)21-13-7-4-8-14-21/h3-19H,1-2H3,(H,29,31)(H,30,32)/b12-9+,24-15-,28-19-. The number of nitrogens with zero attached hydrogens (tertiary/aromatic N) is 1. The number of hydrogen-bond acceptors (Lipinski definition) is 5. The quantitative estimate of drug-likeness (QED) is 0.219. The molecule has 7 heteroatoms. The molecule has 0 saturated carbocycles. The van der Waals surface area contributed by atoms with Crippen LogP contribution < -0.4 is 20.2 Å². The number of hydrazone groups is 1. The maximum Gasteiger partial charge on any atom is 0.287 e. The van der Waals surface area contributed by atoms with Crippen molar-refractivity contribution in [3.63, 3.8) is 0 Å². The van der Waals surface area contributed by atoms with Crippen LogP contribution in [-0.2, 0) is 4.79 Å². The van der Waals surface area contributed by atoms with E-state index >= 15 is 0 Å². The summed E-state index contributed by atoms with van der Waals surface area (Å²) in [4.78, 5) is 25.4. The van der Waals surface area contributed by atoms with E-state index in [0.29, 0.717) is 22.6 Å². The zero-order chi connectivity index (χ0) is 24.2. The second kappa shape index (κ2) is 12.4. The lowest BCUT2D eigenvalue weighted by atomic mass is 10.2. The molecule has 3 aromatic carbocycles. The van der Waals surface area contributed by atoms with Gasteiger partial charge in [0.15, 0.2) is 0 Å². The Morgan fingerprint density at radius 3 is 2.26 bits per heavy atom. The Hall–Kier alpha value is -4.65. The van der Waals surface area contributed by atoms with Crippen LogP contribution in [0.25, 0.3) is 6.08 Å². The number of rotatable bonds is 9. The zero-order valence-corrected chi connectivity index (χ0v) is 18.9. The maximum atomic E-state index is 12.8. The first-order chi connectivity index (χ1) is 16.6. The Bertz CT molecular complexity index is 1200. The Morgan fingerprint density at radius 1 is 0.882 bits per heavy atom. The minimum atomic E-state index is -0.583. The summed E-state index contributed by atoms with van der Waals surface area (Å²) in [6.07, 6.45) is 6.47. The monoisotopic (exact) mass is 455 g/mol. The average molecular weight is 456 g/mol. The minimum Gasteiger partial charge on any atom is -0.497 e. The van der Waals surface area contributed by atoms with Crippen LogP contribution in [0.4, 0.5) is 0 Å². The van der Waals surface area contributed by atoms with Crippen molar-refractivity contribution in [3.8, 4) is 11.5 Å². The Kier molecular flexibility index (Phi) is 8.76. The van der Waals surface area contributed by atoms with E-state index in [0.717, 1.165) is 5.56 Å². The highest BCUT2D eigenvalue weighted by atomic mass is 16.5. The first kappa shape index (κ1) is 24.0. The van der Waals surface area contributed by atoms with E-state index in [4.69, 9.17) is 9.47 Å². The third kappa shape index (κ3) is 6.93. The molecule has 7 nitrogen and oxygen atoms in total. The molecule has 0 aliphatic heterocycles. The van der Waals surface area contributed by atoms with Gasteiger partial charge in [0.05, 0.1) is 20.4 Å². The molecular formula is C27H25N3O4. The van der Waals surface area contributed by atoms with E-state index in [1.165, 1.54) is 19.4 Å². The highest BCUT2D eigenvalue weighted by Gasteiger charge is 2.13. The predicted molar refractivity (Wildman–Crippen MR) is 133 cm³/mol. The van der Waals surface area contributed by atoms with Crippen LogP contribution >= 0.6 is 0 Å². The van der Waals surface area contributed by atoms with Crippen LogP contribution in [0.1, 0.15) is 21.5 Å². The summed E-state index contributed by atoms with van der Waals surface area (Å²) in [6.45, 7) is 0. The molecule has 0 fully saturated rings. The van der Waals surface area contributed by atoms with E-state index in [1.54, 1.807) is 55.7 Å². The SMILES string of the molecule is COc1ccc(OC)c(/C=N\NC(=O)/C(=C/C=C/c2ccccc2)NC(=O)c2ccccc2)c1. The van der Waals surface area contributed by atoms with Crippen LogP contribution in [-0.4, -0.2) is 32.2 Å². The molecule has 0 unspecified atom stereocenters. The zero-order valence-electron chi connectivity index (χ0n) is 18.9. The lowest BCUT2D eigenvalue weighted by molar-refractivity contribution is -0.117. The molecule has 3 rings (SSSR count). The van der Waals surface area contributed by atoms with Crippen molar-refractivity contribution in [2.24, 2.45) is 5.10 Å². The minimum absolute atomic E-state index is 0.0378. The summed E-state index contributed by atoms with van der Waals surface area (Å²) >= 11 is 0. The molecule has 2 N–H and O–H groups in total. The normalized spacial score (nSPS) is 11.4. The highest BCUT2D eigenvalue weighted by Crippen LogP contribution is 2.22. The smallest absolute Gasteiger partial charge is 0.287 e. The fourth-order valence-corrected chi connectivity index (χ4v) is 2.94. The van der Waals surface area contributed by atoms with Gasteiger partial charge in [-0.3, -0.25) is 9.59 Å². The Labute approximate surface area is 198 Å².